The van der Waals surface area contributed by atoms with Crippen molar-refractivity contribution in [2.75, 3.05) is 0 Å². The van der Waals surface area contributed by atoms with Crippen molar-refractivity contribution in [2.45, 2.75) is 12.3 Å². The normalized spacial score (nSPS) is 10.8. The smallest absolute Gasteiger partial charge is 0.258 e. The highest BCUT2D eigenvalue weighted by Crippen LogP contribution is 2.28. The molecule has 1 aromatic heterocycles. The number of hydrogen-bond donors (Lipinski definition) is 0. The van der Waals surface area contributed by atoms with Gasteiger partial charge in [0.05, 0.1) is 16.6 Å². The fraction of sp³-hybridized carbons (Fsp3) is 0.286. The predicted molar refractivity (Wildman–Crippen MR) is 43.8 cm³/mol. The van der Waals surface area contributed by atoms with Crippen LogP contribution < -0.4 is 0 Å². The van der Waals surface area contributed by atoms with Gasteiger partial charge in [0.15, 0.2) is 0 Å². The molecule has 0 saturated heterocycles. The first-order valence-electron chi connectivity index (χ1n) is 3.14. The lowest BCUT2D eigenvalue weighted by Crippen LogP contribution is -1.93. The lowest BCUT2D eigenvalue weighted by molar-refractivity contribution is 0.151. The zero-order chi connectivity index (χ0) is 9.14. The van der Waals surface area contributed by atoms with Crippen LogP contribution in [0.25, 0.3) is 0 Å². The number of alkyl halides is 3. The number of halogens is 4. The maximum Gasteiger partial charge on any atom is 0.265 e. The molecule has 66 valence electrons. The van der Waals surface area contributed by atoms with E-state index in [0.29, 0.717) is 0 Å². The SMILES string of the molecule is FC(F)c1ccnc(CCl)c1Cl. The molecule has 0 bridgehead atoms. The lowest BCUT2D eigenvalue weighted by atomic mass is 10.2. The summed E-state index contributed by atoms with van der Waals surface area (Å²) in [5.74, 6) is 0.0411. The Morgan fingerprint density at radius 3 is 2.67 bits per heavy atom. The quantitative estimate of drug-likeness (QED) is 0.684. The molecule has 0 atom stereocenters. The predicted octanol–water partition coefficient (Wildman–Crippen LogP) is 3.41. The third kappa shape index (κ3) is 1.84. The first kappa shape index (κ1) is 9.68. The van der Waals surface area contributed by atoms with E-state index in [2.05, 4.69) is 4.98 Å². The zero-order valence-electron chi connectivity index (χ0n) is 5.90. The maximum atomic E-state index is 12.2. The number of hydrogen-bond acceptors (Lipinski definition) is 1. The van der Waals surface area contributed by atoms with Crippen LogP contribution in [0.2, 0.25) is 5.02 Å². The van der Waals surface area contributed by atoms with Crippen LogP contribution in [0, 0.1) is 0 Å². The molecule has 0 N–H and O–H groups in total. The van der Waals surface area contributed by atoms with E-state index < -0.39 is 6.43 Å². The Morgan fingerprint density at radius 1 is 1.50 bits per heavy atom. The van der Waals surface area contributed by atoms with Crippen molar-refractivity contribution in [3.05, 3.63) is 28.5 Å². The molecule has 1 heterocycles. The number of rotatable bonds is 2. The molecule has 0 aliphatic heterocycles. The zero-order valence-corrected chi connectivity index (χ0v) is 7.41. The van der Waals surface area contributed by atoms with Crippen LogP contribution >= 0.6 is 23.2 Å². The van der Waals surface area contributed by atoms with Gasteiger partial charge in [-0.05, 0) is 6.07 Å². The molecule has 0 aromatic carbocycles. The van der Waals surface area contributed by atoms with Crippen LogP contribution in [-0.4, -0.2) is 4.98 Å². The van der Waals surface area contributed by atoms with E-state index in [1.807, 2.05) is 0 Å². The summed E-state index contributed by atoms with van der Waals surface area (Å²) in [6.45, 7) is 0. The van der Waals surface area contributed by atoms with Crippen molar-refractivity contribution in [2.24, 2.45) is 0 Å². The molecule has 0 amide bonds. The fourth-order valence-electron chi connectivity index (χ4n) is 0.766. The first-order valence-corrected chi connectivity index (χ1v) is 4.05. The molecular weight excluding hydrogens is 207 g/mol. The van der Waals surface area contributed by atoms with E-state index in [9.17, 15) is 8.78 Å². The molecule has 12 heavy (non-hydrogen) atoms. The van der Waals surface area contributed by atoms with Crippen molar-refractivity contribution >= 4 is 23.2 Å². The number of pyridine rings is 1. The van der Waals surface area contributed by atoms with Gasteiger partial charge in [0.25, 0.3) is 6.43 Å². The highest BCUT2D eigenvalue weighted by Gasteiger charge is 2.14. The first-order chi connectivity index (χ1) is 5.66. The second kappa shape index (κ2) is 4.01. The van der Waals surface area contributed by atoms with Crippen LogP contribution in [0.4, 0.5) is 8.78 Å². The monoisotopic (exact) mass is 211 g/mol. The van der Waals surface area contributed by atoms with Crippen LogP contribution in [-0.2, 0) is 5.88 Å². The van der Waals surface area contributed by atoms with E-state index >= 15 is 0 Å². The minimum atomic E-state index is -2.58. The highest BCUT2D eigenvalue weighted by molar-refractivity contribution is 6.32. The third-order valence-corrected chi connectivity index (χ3v) is 2.04. The van der Waals surface area contributed by atoms with E-state index in [1.54, 1.807) is 0 Å². The van der Waals surface area contributed by atoms with Crippen LogP contribution in [0.5, 0.6) is 0 Å². The molecule has 0 aliphatic carbocycles. The summed E-state index contributed by atoms with van der Waals surface area (Å²) >= 11 is 11.0. The Labute approximate surface area is 78.3 Å². The Morgan fingerprint density at radius 2 is 2.17 bits per heavy atom. The van der Waals surface area contributed by atoms with Gasteiger partial charge in [0.2, 0.25) is 0 Å². The Balaban J connectivity index is 3.14. The van der Waals surface area contributed by atoms with Crippen LogP contribution in [0.3, 0.4) is 0 Å². The van der Waals surface area contributed by atoms with Crippen molar-refractivity contribution in [1.29, 1.82) is 0 Å². The average Bonchev–Trinajstić information content (AvgIpc) is 2.04. The summed E-state index contributed by atoms with van der Waals surface area (Å²) < 4.78 is 24.4. The summed E-state index contributed by atoms with van der Waals surface area (Å²) in [6, 6.07) is 1.18. The van der Waals surface area contributed by atoms with Gasteiger partial charge in [0.1, 0.15) is 0 Å². The second-order valence-corrected chi connectivity index (χ2v) is 2.74. The number of nitrogens with zero attached hydrogens (tertiary/aromatic N) is 1. The van der Waals surface area contributed by atoms with Crippen molar-refractivity contribution in [1.82, 2.24) is 4.98 Å². The highest BCUT2D eigenvalue weighted by atomic mass is 35.5. The summed E-state index contributed by atoms with van der Waals surface area (Å²) in [7, 11) is 0. The lowest BCUT2D eigenvalue weighted by Gasteiger charge is -2.04. The Hall–Kier alpha value is -0.410. The Kier molecular flexibility index (Phi) is 3.23. The minimum Gasteiger partial charge on any atom is -0.258 e. The van der Waals surface area contributed by atoms with E-state index in [-0.39, 0.29) is 22.2 Å². The molecular formula is C7H5Cl2F2N. The van der Waals surface area contributed by atoms with Gasteiger partial charge in [0, 0.05) is 11.8 Å². The fourth-order valence-corrected chi connectivity index (χ4v) is 1.30. The molecule has 5 heteroatoms. The summed E-state index contributed by atoms with van der Waals surface area (Å²) in [5.41, 5.74) is 0.0680. The van der Waals surface area contributed by atoms with Gasteiger partial charge in [-0.25, -0.2) is 8.78 Å². The summed E-state index contributed by atoms with van der Waals surface area (Å²) in [5, 5.41) is -0.0394. The van der Waals surface area contributed by atoms with Crippen LogP contribution in [0.15, 0.2) is 12.3 Å². The maximum absolute atomic E-state index is 12.2. The van der Waals surface area contributed by atoms with Gasteiger partial charge in [-0.1, -0.05) is 11.6 Å². The molecule has 0 radical (unpaired) electrons. The summed E-state index contributed by atoms with van der Waals surface area (Å²) in [4.78, 5) is 3.74. The molecule has 0 fully saturated rings. The second-order valence-electron chi connectivity index (χ2n) is 2.10. The molecule has 1 aromatic rings. The standard InChI is InChI=1S/C7H5Cl2F2N/c8-3-5-6(9)4(7(10)11)1-2-12-5/h1-2,7H,3H2. The molecule has 1 nitrogen and oxygen atoms in total. The average molecular weight is 212 g/mol. The third-order valence-electron chi connectivity index (χ3n) is 1.35. The molecule has 0 unspecified atom stereocenters. The van der Waals surface area contributed by atoms with E-state index in [1.165, 1.54) is 12.3 Å². The Bertz CT molecular complexity index is 278. The van der Waals surface area contributed by atoms with Crippen molar-refractivity contribution in [3.63, 3.8) is 0 Å². The minimum absolute atomic E-state index is 0.0394. The van der Waals surface area contributed by atoms with Gasteiger partial charge in [-0.3, -0.25) is 4.98 Å². The summed E-state index contributed by atoms with van der Waals surface area (Å²) in [6.07, 6.45) is -1.31. The molecule has 0 aliphatic rings. The van der Waals surface area contributed by atoms with Crippen molar-refractivity contribution in [3.8, 4) is 0 Å². The van der Waals surface area contributed by atoms with Gasteiger partial charge < -0.3 is 0 Å². The van der Waals surface area contributed by atoms with E-state index in [4.69, 9.17) is 23.2 Å². The van der Waals surface area contributed by atoms with E-state index in [0.717, 1.165) is 0 Å². The molecule has 0 spiro atoms. The van der Waals surface area contributed by atoms with Gasteiger partial charge >= 0.3 is 0 Å². The van der Waals surface area contributed by atoms with Crippen molar-refractivity contribution < 1.29 is 8.78 Å². The topological polar surface area (TPSA) is 12.9 Å². The van der Waals surface area contributed by atoms with Crippen LogP contribution in [0.1, 0.15) is 17.7 Å². The van der Waals surface area contributed by atoms with Gasteiger partial charge in [-0.15, -0.1) is 11.6 Å². The molecule has 1 rings (SSSR count). The number of aromatic nitrogens is 1. The van der Waals surface area contributed by atoms with Gasteiger partial charge in [-0.2, -0.15) is 0 Å². The molecule has 0 saturated carbocycles. The largest absolute Gasteiger partial charge is 0.265 e.